The highest BCUT2D eigenvalue weighted by Gasteiger charge is 2.14. The van der Waals surface area contributed by atoms with Crippen LogP contribution in [0.25, 0.3) is 17.2 Å². The van der Waals surface area contributed by atoms with E-state index in [1.54, 1.807) is 0 Å². The van der Waals surface area contributed by atoms with E-state index < -0.39 is 0 Å². The molecule has 2 aromatic rings. The van der Waals surface area contributed by atoms with E-state index >= 15 is 0 Å². The first kappa shape index (κ1) is 21.5. The van der Waals surface area contributed by atoms with Gasteiger partial charge in [-0.15, -0.1) is 6.42 Å². The van der Waals surface area contributed by atoms with Gasteiger partial charge in [0.05, 0.1) is 0 Å². The molecule has 2 heteroatoms. The van der Waals surface area contributed by atoms with Gasteiger partial charge >= 0.3 is 0 Å². The predicted octanol–water partition coefficient (Wildman–Crippen LogP) is 5.87. The molecule has 0 fully saturated rings. The molecule has 0 bridgehead atoms. The minimum Gasteiger partial charge on any atom is -0.352 e. The van der Waals surface area contributed by atoms with Gasteiger partial charge in [-0.2, -0.15) is 0 Å². The number of hydrogen-bond donors (Lipinski definition) is 1. The largest absolute Gasteiger partial charge is 0.352 e. The van der Waals surface area contributed by atoms with Crippen molar-refractivity contribution in [1.29, 1.82) is 0 Å². The van der Waals surface area contributed by atoms with E-state index in [0.717, 1.165) is 34.2 Å². The molecule has 0 unspecified atom stereocenters. The van der Waals surface area contributed by atoms with Gasteiger partial charge in [0.1, 0.15) is 0 Å². The molecular weight excluding hydrogens is 342 g/mol. The van der Waals surface area contributed by atoms with E-state index in [-0.39, 0.29) is 11.3 Å². The molecule has 0 aliphatic carbocycles. The van der Waals surface area contributed by atoms with Crippen LogP contribution in [-0.2, 0) is 10.2 Å². The lowest BCUT2D eigenvalue weighted by Gasteiger charge is -2.19. The molecule has 1 N–H and O–H groups in total. The lowest BCUT2D eigenvalue weighted by molar-refractivity contribution is -0.117. The number of benzene rings is 2. The average Bonchev–Trinajstić information content (AvgIpc) is 2.66. The maximum Gasteiger partial charge on any atom is 0.246 e. The molecule has 28 heavy (non-hydrogen) atoms. The van der Waals surface area contributed by atoms with Gasteiger partial charge in [0.2, 0.25) is 5.91 Å². The lowest BCUT2D eigenvalue weighted by Crippen LogP contribution is -2.24. The van der Waals surface area contributed by atoms with Gasteiger partial charge in [-0.05, 0) is 71.7 Å². The van der Waals surface area contributed by atoms with Crippen LogP contribution in [0.4, 0.5) is 0 Å². The van der Waals surface area contributed by atoms with Crippen LogP contribution in [0.1, 0.15) is 63.3 Å². The average molecular weight is 374 g/mol. The quantitative estimate of drug-likeness (QED) is 0.515. The Kier molecular flexibility index (Phi) is 6.86. The number of carbonyl (C=O) groups is 1. The van der Waals surface area contributed by atoms with Crippen LogP contribution in [0.15, 0.2) is 42.0 Å². The maximum atomic E-state index is 12.2. The second kappa shape index (κ2) is 8.93. The van der Waals surface area contributed by atoms with E-state index in [9.17, 15) is 4.79 Å². The number of carbonyl (C=O) groups excluding carboxylic acids is 1. The Morgan fingerprint density at radius 2 is 1.82 bits per heavy atom. The fourth-order valence-corrected chi connectivity index (χ4v) is 3.10. The van der Waals surface area contributed by atoms with E-state index in [2.05, 4.69) is 63.2 Å². The summed E-state index contributed by atoms with van der Waals surface area (Å²) in [6.07, 6.45) is 8.54. The van der Waals surface area contributed by atoms with Crippen molar-refractivity contribution in [3.63, 3.8) is 0 Å². The van der Waals surface area contributed by atoms with Crippen LogP contribution in [0.3, 0.4) is 0 Å². The molecular formula is C26H31NO. The molecule has 0 aliphatic heterocycles. The van der Waals surface area contributed by atoms with Crippen molar-refractivity contribution in [2.75, 3.05) is 6.54 Å². The normalized spacial score (nSPS) is 11.8. The van der Waals surface area contributed by atoms with Gasteiger partial charge in [-0.3, -0.25) is 4.79 Å². The van der Waals surface area contributed by atoms with Gasteiger partial charge in [0, 0.05) is 17.7 Å². The minimum atomic E-state index is -0.0385. The lowest BCUT2D eigenvalue weighted by atomic mass is 9.85. The topological polar surface area (TPSA) is 29.1 Å². The number of terminal acetylenes is 1. The summed E-state index contributed by atoms with van der Waals surface area (Å²) < 4.78 is 0. The smallest absolute Gasteiger partial charge is 0.246 e. The van der Waals surface area contributed by atoms with Crippen molar-refractivity contribution in [2.24, 2.45) is 0 Å². The monoisotopic (exact) mass is 373 g/mol. The molecule has 0 aliphatic rings. The summed E-state index contributed by atoms with van der Waals surface area (Å²) in [5, 5.41) is 2.92. The van der Waals surface area contributed by atoms with Crippen LogP contribution >= 0.6 is 0 Å². The van der Waals surface area contributed by atoms with Crippen molar-refractivity contribution in [3.05, 3.63) is 64.2 Å². The first-order chi connectivity index (χ1) is 13.2. The molecule has 0 spiro atoms. The van der Waals surface area contributed by atoms with Crippen LogP contribution in [0.2, 0.25) is 0 Å². The Morgan fingerprint density at radius 1 is 1.18 bits per heavy atom. The summed E-state index contributed by atoms with van der Waals surface area (Å²) >= 11 is 0. The van der Waals surface area contributed by atoms with Crippen LogP contribution < -0.4 is 5.32 Å². The summed E-state index contributed by atoms with van der Waals surface area (Å²) in [6.45, 7) is 13.3. The van der Waals surface area contributed by atoms with Crippen molar-refractivity contribution < 1.29 is 4.79 Å². The van der Waals surface area contributed by atoms with Gasteiger partial charge in [-0.25, -0.2) is 0 Å². The van der Waals surface area contributed by atoms with Crippen LogP contribution in [-0.4, -0.2) is 12.5 Å². The molecule has 0 radical (unpaired) electrons. The number of rotatable bonds is 5. The fraction of sp³-hybridized carbons (Fsp3) is 0.346. The van der Waals surface area contributed by atoms with Crippen molar-refractivity contribution >= 4 is 12.0 Å². The van der Waals surface area contributed by atoms with Crippen LogP contribution in [0.5, 0.6) is 0 Å². The zero-order valence-corrected chi connectivity index (χ0v) is 17.9. The molecule has 2 aromatic carbocycles. The fourth-order valence-electron chi connectivity index (χ4n) is 3.10. The summed E-state index contributed by atoms with van der Waals surface area (Å²) in [7, 11) is 0. The Hall–Kier alpha value is -2.79. The third-order valence-corrected chi connectivity index (χ3v) is 4.94. The molecule has 0 aromatic heterocycles. The highest BCUT2D eigenvalue weighted by Crippen LogP contribution is 2.31. The van der Waals surface area contributed by atoms with E-state index in [1.807, 2.05) is 32.1 Å². The van der Waals surface area contributed by atoms with Crippen molar-refractivity contribution in [2.45, 2.75) is 53.4 Å². The zero-order chi connectivity index (χ0) is 20.9. The molecule has 0 heterocycles. The second-order valence-electron chi connectivity index (χ2n) is 8.29. The van der Waals surface area contributed by atoms with Crippen molar-refractivity contribution in [1.82, 2.24) is 5.32 Å². The zero-order valence-electron chi connectivity index (χ0n) is 17.9. The third kappa shape index (κ3) is 5.14. The Labute approximate surface area is 170 Å². The van der Waals surface area contributed by atoms with E-state index in [4.69, 9.17) is 6.42 Å². The predicted molar refractivity (Wildman–Crippen MR) is 120 cm³/mol. The molecule has 0 atom stereocenters. The highest BCUT2D eigenvalue weighted by molar-refractivity contribution is 5.97. The van der Waals surface area contributed by atoms with Crippen molar-refractivity contribution in [3.8, 4) is 23.5 Å². The van der Waals surface area contributed by atoms with E-state index in [0.29, 0.717) is 12.1 Å². The summed E-state index contributed by atoms with van der Waals surface area (Å²) in [5.41, 5.74) is 7.23. The standard InChI is InChI=1S/C26H31NO/c1-8-14-27-25(28)18(3)15-22-16-20(9-2)17-24(19(22)4)21-10-12-23(13-11-21)26(5,6)7/h2,10-13,15-17H,8,14H2,1,3-7H3,(H,27,28)/b18-15+. The third-order valence-electron chi connectivity index (χ3n) is 4.94. The minimum absolute atomic E-state index is 0.0385. The summed E-state index contributed by atoms with van der Waals surface area (Å²) in [6, 6.07) is 12.7. The summed E-state index contributed by atoms with van der Waals surface area (Å²) in [4.78, 5) is 12.2. The molecule has 2 nitrogen and oxygen atoms in total. The number of amides is 1. The van der Waals surface area contributed by atoms with E-state index in [1.165, 1.54) is 5.56 Å². The van der Waals surface area contributed by atoms with Gasteiger partial charge in [0.25, 0.3) is 0 Å². The Bertz CT molecular complexity index is 919. The SMILES string of the molecule is C#Cc1cc(/C=C(\C)C(=O)NCCC)c(C)c(-c2ccc(C(C)(C)C)cc2)c1. The Morgan fingerprint density at radius 3 is 2.36 bits per heavy atom. The molecule has 0 saturated heterocycles. The highest BCUT2D eigenvalue weighted by atomic mass is 16.1. The van der Waals surface area contributed by atoms with Gasteiger partial charge < -0.3 is 5.32 Å². The molecule has 146 valence electrons. The molecule has 2 rings (SSSR count). The number of nitrogens with one attached hydrogen (secondary N) is 1. The summed E-state index contributed by atoms with van der Waals surface area (Å²) in [5.74, 6) is 2.71. The molecule has 1 amide bonds. The first-order valence-electron chi connectivity index (χ1n) is 9.86. The van der Waals surface area contributed by atoms with Gasteiger partial charge in [0.15, 0.2) is 0 Å². The van der Waals surface area contributed by atoms with Crippen LogP contribution in [0, 0.1) is 19.3 Å². The maximum absolute atomic E-state index is 12.2. The molecule has 0 saturated carbocycles. The first-order valence-corrected chi connectivity index (χ1v) is 9.86. The van der Waals surface area contributed by atoms with Gasteiger partial charge in [-0.1, -0.05) is 57.9 Å². The number of hydrogen-bond acceptors (Lipinski definition) is 1. The Balaban J connectivity index is 2.49. The second-order valence-corrected chi connectivity index (χ2v) is 8.29.